The molecule has 0 fully saturated rings. The number of aromatic nitrogens is 1. The number of aliphatic imine (C=N–C) groups is 1. The molecule has 2 rings (SSSR count). The maximum absolute atomic E-state index is 13.3. The highest BCUT2D eigenvalue weighted by atomic mass is 19.4. The van der Waals surface area contributed by atoms with Crippen molar-refractivity contribution in [2.75, 3.05) is 14.1 Å². The van der Waals surface area contributed by atoms with Gasteiger partial charge in [0, 0.05) is 25.9 Å². The third-order valence-corrected chi connectivity index (χ3v) is 3.07. The molecule has 2 aromatic rings. The average molecular weight is 325 g/mol. The van der Waals surface area contributed by atoms with E-state index in [2.05, 4.69) is 9.98 Å². The van der Waals surface area contributed by atoms with Crippen molar-refractivity contribution in [2.24, 2.45) is 4.99 Å². The summed E-state index contributed by atoms with van der Waals surface area (Å²) >= 11 is 0. The second-order valence-corrected chi connectivity index (χ2v) is 5.27. The average Bonchev–Trinajstić information content (AvgIpc) is 2.45. The second-order valence-electron chi connectivity index (χ2n) is 5.27. The zero-order chi connectivity index (χ0) is 17.2. The van der Waals surface area contributed by atoms with Gasteiger partial charge in [0.1, 0.15) is 5.82 Å². The lowest BCUT2D eigenvalue weighted by molar-refractivity contribution is -0.139. The van der Waals surface area contributed by atoms with Crippen LogP contribution in [-0.4, -0.2) is 30.3 Å². The van der Waals surface area contributed by atoms with E-state index in [-0.39, 0.29) is 5.56 Å². The van der Waals surface area contributed by atoms with Gasteiger partial charge in [0.05, 0.1) is 11.9 Å². The molecule has 0 aliphatic heterocycles. The molecule has 0 aliphatic carbocycles. The lowest BCUT2D eigenvalue weighted by atomic mass is 10.0. The molecular formula is C16H15F4N3. The highest BCUT2D eigenvalue weighted by Gasteiger charge is 2.34. The lowest BCUT2D eigenvalue weighted by Gasteiger charge is -2.11. The lowest BCUT2D eigenvalue weighted by Crippen LogP contribution is -2.08. The van der Waals surface area contributed by atoms with E-state index in [0.717, 1.165) is 12.1 Å². The number of rotatable bonds is 3. The Morgan fingerprint density at radius 2 is 1.83 bits per heavy atom. The summed E-state index contributed by atoms with van der Waals surface area (Å²) in [7, 11) is 3.62. The summed E-state index contributed by atoms with van der Waals surface area (Å²) in [5.74, 6) is -0.821. The summed E-state index contributed by atoms with van der Waals surface area (Å²) in [6.07, 6.45) is -1.74. The molecule has 0 bridgehead atoms. The van der Waals surface area contributed by atoms with E-state index in [1.54, 1.807) is 24.2 Å². The first-order chi connectivity index (χ1) is 10.7. The fourth-order valence-corrected chi connectivity index (χ4v) is 1.95. The van der Waals surface area contributed by atoms with Gasteiger partial charge in [-0.3, -0.25) is 0 Å². The topological polar surface area (TPSA) is 28.5 Å². The Kier molecular flexibility index (Phi) is 4.68. The minimum absolute atomic E-state index is 0.248. The number of aryl methyl sites for hydroxylation is 1. The Balaban J connectivity index is 2.42. The van der Waals surface area contributed by atoms with Gasteiger partial charge in [-0.15, -0.1) is 0 Å². The summed E-state index contributed by atoms with van der Waals surface area (Å²) in [5.41, 5.74) is 0.134. The van der Waals surface area contributed by atoms with Crippen molar-refractivity contribution in [3.63, 3.8) is 0 Å². The molecule has 0 saturated carbocycles. The van der Waals surface area contributed by atoms with Gasteiger partial charge in [-0.05, 0) is 36.2 Å². The van der Waals surface area contributed by atoms with Crippen LogP contribution in [0.3, 0.4) is 0 Å². The fraction of sp³-hybridized carbons (Fsp3) is 0.250. The number of pyridine rings is 1. The minimum Gasteiger partial charge on any atom is -0.369 e. The highest BCUT2D eigenvalue weighted by molar-refractivity contribution is 5.67. The standard InChI is InChI=1S/C16H15F4N3/c1-10-6-12(8-21-15(10)22-9-23(2)3)11-4-5-14(17)13(7-11)16(18,19)20/h4-9H,1-3H3. The molecule has 1 aromatic heterocycles. The van der Waals surface area contributed by atoms with Crippen LogP contribution in [0, 0.1) is 12.7 Å². The van der Waals surface area contributed by atoms with Gasteiger partial charge >= 0.3 is 6.18 Å². The molecule has 0 aliphatic rings. The van der Waals surface area contributed by atoms with Gasteiger partial charge in [0.25, 0.3) is 0 Å². The molecule has 0 saturated heterocycles. The van der Waals surface area contributed by atoms with Crippen LogP contribution in [0.25, 0.3) is 11.1 Å². The van der Waals surface area contributed by atoms with Crippen LogP contribution in [0.2, 0.25) is 0 Å². The van der Waals surface area contributed by atoms with E-state index in [4.69, 9.17) is 0 Å². The van der Waals surface area contributed by atoms with Crippen LogP contribution >= 0.6 is 0 Å². The third kappa shape index (κ3) is 4.06. The van der Waals surface area contributed by atoms with Gasteiger partial charge in [-0.1, -0.05) is 6.07 Å². The smallest absolute Gasteiger partial charge is 0.369 e. The molecule has 7 heteroatoms. The molecule has 0 atom stereocenters. The Hall–Kier alpha value is -2.44. The number of nitrogens with zero attached hydrogens (tertiary/aromatic N) is 3. The number of hydrogen-bond donors (Lipinski definition) is 0. The summed E-state index contributed by atoms with van der Waals surface area (Å²) in [5, 5.41) is 0. The minimum atomic E-state index is -4.74. The van der Waals surface area contributed by atoms with Crippen LogP contribution in [-0.2, 0) is 6.18 Å². The van der Waals surface area contributed by atoms with E-state index in [1.807, 2.05) is 14.1 Å². The van der Waals surface area contributed by atoms with Crippen molar-refractivity contribution >= 4 is 12.2 Å². The van der Waals surface area contributed by atoms with Crippen LogP contribution in [0.4, 0.5) is 23.4 Å². The van der Waals surface area contributed by atoms with Crippen molar-refractivity contribution in [1.29, 1.82) is 0 Å². The molecule has 23 heavy (non-hydrogen) atoms. The molecule has 3 nitrogen and oxygen atoms in total. The van der Waals surface area contributed by atoms with Crippen LogP contribution < -0.4 is 0 Å². The number of halogens is 4. The molecule has 0 amide bonds. The predicted octanol–water partition coefficient (Wildman–Crippen LogP) is 4.44. The maximum Gasteiger partial charge on any atom is 0.419 e. The second kappa shape index (κ2) is 6.36. The van der Waals surface area contributed by atoms with Gasteiger partial charge in [0.2, 0.25) is 0 Å². The van der Waals surface area contributed by atoms with E-state index in [1.165, 1.54) is 12.3 Å². The molecule has 0 spiro atoms. The maximum atomic E-state index is 13.3. The van der Waals surface area contributed by atoms with Crippen molar-refractivity contribution in [1.82, 2.24) is 9.88 Å². The molecule has 0 N–H and O–H groups in total. The molecule has 1 heterocycles. The Labute approximate surface area is 131 Å². The number of hydrogen-bond acceptors (Lipinski definition) is 2. The summed E-state index contributed by atoms with van der Waals surface area (Å²) in [4.78, 5) is 10.0. The van der Waals surface area contributed by atoms with Crippen LogP contribution in [0.1, 0.15) is 11.1 Å². The fourth-order valence-electron chi connectivity index (χ4n) is 1.95. The summed E-state index contributed by atoms with van der Waals surface area (Å²) in [6.45, 7) is 1.76. The monoisotopic (exact) mass is 325 g/mol. The first-order valence-corrected chi connectivity index (χ1v) is 6.73. The largest absolute Gasteiger partial charge is 0.419 e. The zero-order valence-corrected chi connectivity index (χ0v) is 12.8. The normalized spacial score (nSPS) is 12.0. The molecule has 0 unspecified atom stereocenters. The Morgan fingerprint density at radius 1 is 1.13 bits per heavy atom. The quantitative estimate of drug-likeness (QED) is 0.474. The molecule has 122 valence electrons. The third-order valence-electron chi connectivity index (χ3n) is 3.07. The number of alkyl halides is 3. The SMILES string of the molecule is Cc1cc(-c2ccc(F)c(C(F)(F)F)c2)cnc1N=CN(C)C. The Morgan fingerprint density at radius 3 is 2.39 bits per heavy atom. The van der Waals surface area contributed by atoms with Crippen molar-refractivity contribution in [3.05, 3.63) is 47.4 Å². The molecular weight excluding hydrogens is 310 g/mol. The van der Waals surface area contributed by atoms with E-state index in [9.17, 15) is 17.6 Å². The summed E-state index contributed by atoms with van der Waals surface area (Å²) in [6, 6.07) is 4.56. The van der Waals surface area contributed by atoms with Gasteiger partial charge in [-0.2, -0.15) is 13.2 Å². The van der Waals surface area contributed by atoms with Crippen LogP contribution in [0.15, 0.2) is 35.5 Å². The molecule has 1 aromatic carbocycles. The van der Waals surface area contributed by atoms with Gasteiger partial charge in [0.15, 0.2) is 5.82 Å². The first kappa shape index (κ1) is 16.9. The van der Waals surface area contributed by atoms with Crippen LogP contribution in [0.5, 0.6) is 0 Å². The van der Waals surface area contributed by atoms with E-state index in [0.29, 0.717) is 16.9 Å². The van der Waals surface area contributed by atoms with Crippen molar-refractivity contribution in [3.8, 4) is 11.1 Å². The predicted molar refractivity (Wildman–Crippen MR) is 81.2 cm³/mol. The molecule has 0 radical (unpaired) electrons. The van der Waals surface area contributed by atoms with E-state index >= 15 is 0 Å². The summed E-state index contributed by atoms with van der Waals surface area (Å²) < 4.78 is 51.7. The number of benzene rings is 1. The van der Waals surface area contributed by atoms with Crippen molar-refractivity contribution < 1.29 is 17.6 Å². The van der Waals surface area contributed by atoms with E-state index < -0.39 is 17.6 Å². The first-order valence-electron chi connectivity index (χ1n) is 6.73. The van der Waals surface area contributed by atoms with Crippen molar-refractivity contribution in [2.45, 2.75) is 13.1 Å². The zero-order valence-electron chi connectivity index (χ0n) is 12.8. The van der Waals surface area contributed by atoms with Gasteiger partial charge < -0.3 is 4.90 Å². The highest BCUT2D eigenvalue weighted by Crippen LogP contribution is 2.34. The van der Waals surface area contributed by atoms with Gasteiger partial charge in [-0.25, -0.2) is 14.4 Å². The Bertz CT molecular complexity index is 737.